The number of nitrogens with one attached hydrogen (secondary N) is 2. The van der Waals surface area contributed by atoms with Crippen molar-refractivity contribution in [1.82, 2.24) is 30.1 Å². The maximum atomic E-state index is 14.6. The maximum absolute atomic E-state index is 14.6. The monoisotopic (exact) mass is 512 g/mol. The zero-order chi connectivity index (χ0) is 26.2. The van der Waals surface area contributed by atoms with E-state index in [-0.39, 0.29) is 5.82 Å². The van der Waals surface area contributed by atoms with E-state index in [1.54, 1.807) is 43.0 Å². The molecule has 0 amide bonds. The van der Waals surface area contributed by atoms with Crippen LogP contribution in [0.4, 0.5) is 4.39 Å². The molecule has 8 heteroatoms. The fourth-order valence-electron chi connectivity index (χ4n) is 4.72. The lowest BCUT2D eigenvalue weighted by atomic mass is 10.1. The van der Waals surface area contributed by atoms with Gasteiger partial charge in [0.15, 0.2) is 5.65 Å². The second kappa shape index (κ2) is 9.50. The fraction of sp³-hybridized carbons (Fsp3) is 0.0323. The van der Waals surface area contributed by atoms with Crippen molar-refractivity contribution in [3.63, 3.8) is 0 Å². The Balaban J connectivity index is 1.25. The second-order valence-electron chi connectivity index (χ2n) is 9.16. The summed E-state index contributed by atoms with van der Waals surface area (Å²) in [5.41, 5.74) is 6.89. The number of ether oxygens (including phenoxy) is 1. The molecule has 0 unspecified atom stereocenters. The molecule has 2 N–H and O–H groups in total. The third-order valence-corrected chi connectivity index (χ3v) is 6.65. The maximum Gasteiger partial charge on any atom is 0.181 e. The number of H-pyrrole nitrogens is 2. The Labute approximate surface area is 222 Å². The smallest absolute Gasteiger partial charge is 0.181 e. The van der Waals surface area contributed by atoms with Crippen molar-refractivity contribution in [2.45, 2.75) is 6.61 Å². The Morgan fingerprint density at radius 2 is 1.64 bits per heavy atom. The number of aromatic amines is 2. The quantitative estimate of drug-likeness (QED) is 0.252. The molecule has 0 atom stereocenters. The molecule has 7 nitrogen and oxygen atoms in total. The molecule has 0 spiro atoms. The number of rotatable bonds is 6. The second-order valence-corrected chi connectivity index (χ2v) is 9.16. The molecule has 188 valence electrons. The van der Waals surface area contributed by atoms with Crippen molar-refractivity contribution >= 4 is 21.9 Å². The molecule has 0 radical (unpaired) electrons. The van der Waals surface area contributed by atoms with Gasteiger partial charge < -0.3 is 9.72 Å². The van der Waals surface area contributed by atoms with Gasteiger partial charge in [-0.15, -0.1) is 0 Å². The van der Waals surface area contributed by atoms with Gasteiger partial charge in [0.25, 0.3) is 0 Å². The molecule has 7 aromatic rings. The molecule has 0 aliphatic rings. The SMILES string of the molecule is Fc1ccccc1-c1nccc2[nH]c(-c3[nH]nc4ncc(-c5cncc(OCc6ccccc6)c5)cc34)cc12. The van der Waals surface area contributed by atoms with Crippen molar-refractivity contribution in [3.8, 4) is 39.5 Å². The normalized spacial score (nSPS) is 11.3. The Morgan fingerprint density at radius 1 is 0.795 bits per heavy atom. The van der Waals surface area contributed by atoms with Crippen LogP contribution in [0.3, 0.4) is 0 Å². The van der Waals surface area contributed by atoms with Crippen LogP contribution in [0.15, 0.2) is 104 Å². The summed E-state index contributed by atoms with van der Waals surface area (Å²) in [4.78, 5) is 16.8. The summed E-state index contributed by atoms with van der Waals surface area (Å²) in [5, 5.41) is 9.17. The van der Waals surface area contributed by atoms with E-state index < -0.39 is 0 Å². The van der Waals surface area contributed by atoms with Crippen LogP contribution in [0.25, 0.3) is 55.7 Å². The van der Waals surface area contributed by atoms with Gasteiger partial charge in [0.05, 0.1) is 23.3 Å². The number of hydrogen-bond acceptors (Lipinski definition) is 5. The highest BCUT2D eigenvalue weighted by Gasteiger charge is 2.16. The van der Waals surface area contributed by atoms with Crippen LogP contribution in [0, 0.1) is 5.82 Å². The topological polar surface area (TPSA) is 92.4 Å². The van der Waals surface area contributed by atoms with Gasteiger partial charge in [-0.3, -0.25) is 15.1 Å². The molecule has 0 aliphatic heterocycles. The van der Waals surface area contributed by atoms with E-state index in [9.17, 15) is 4.39 Å². The summed E-state index contributed by atoms with van der Waals surface area (Å²) in [7, 11) is 0. The molecule has 5 aromatic heterocycles. The van der Waals surface area contributed by atoms with Gasteiger partial charge >= 0.3 is 0 Å². The van der Waals surface area contributed by atoms with E-state index in [2.05, 4.69) is 30.1 Å². The average molecular weight is 513 g/mol. The molecule has 2 aromatic carbocycles. The fourth-order valence-corrected chi connectivity index (χ4v) is 4.72. The molecule has 7 rings (SSSR count). The minimum atomic E-state index is -0.315. The zero-order valence-corrected chi connectivity index (χ0v) is 20.6. The van der Waals surface area contributed by atoms with E-state index in [1.165, 1.54) is 6.07 Å². The van der Waals surface area contributed by atoms with Gasteiger partial charge in [0, 0.05) is 51.6 Å². The Bertz CT molecular complexity index is 1950. The van der Waals surface area contributed by atoms with Crippen molar-refractivity contribution in [3.05, 3.63) is 115 Å². The predicted molar refractivity (Wildman–Crippen MR) is 148 cm³/mol. The molecule has 0 aliphatic carbocycles. The van der Waals surface area contributed by atoms with E-state index >= 15 is 0 Å². The van der Waals surface area contributed by atoms with Crippen LogP contribution < -0.4 is 4.74 Å². The van der Waals surface area contributed by atoms with Crippen LogP contribution in [0.5, 0.6) is 5.75 Å². The van der Waals surface area contributed by atoms with Gasteiger partial charge in [-0.2, -0.15) is 5.10 Å². The highest BCUT2D eigenvalue weighted by molar-refractivity contribution is 6.00. The first kappa shape index (κ1) is 22.8. The van der Waals surface area contributed by atoms with Crippen LogP contribution in [0.1, 0.15) is 5.56 Å². The lowest BCUT2D eigenvalue weighted by Gasteiger charge is -2.08. The number of hydrogen-bond donors (Lipinski definition) is 2. The summed E-state index contributed by atoms with van der Waals surface area (Å²) in [6.07, 6.45) is 6.94. The molecule has 0 fully saturated rings. The number of pyridine rings is 3. The van der Waals surface area contributed by atoms with Gasteiger partial charge in [0.1, 0.15) is 18.2 Å². The molecular weight excluding hydrogens is 491 g/mol. The highest BCUT2D eigenvalue weighted by atomic mass is 19.1. The first-order chi connectivity index (χ1) is 19.2. The van der Waals surface area contributed by atoms with Gasteiger partial charge in [-0.05, 0) is 42.0 Å². The predicted octanol–water partition coefficient (Wildman–Crippen LogP) is 6.95. The third kappa shape index (κ3) is 4.27. The van der Waals surface area contributed by atoms with Gasteiger partial charge in [0.2, 0.25) is 0 Å². The Hall–Kier alpha value is -5.37. The first-order valence-corrected chi connectivity index (χ1v) is 12.4. The van der Waals surface area contributed by atoms with Crippen LogP contribution in [0.2, 0.25) is 0 Å². The first-order valence-electron chi connectivity index (χ1n) is 12.4. The molecule has 39 heavy (non-hydrogen) atoms. The molecule has 0 bridgehead atoms. The van der Waals surface area contributed by atoms with Crippen molar-refractivity contribution in [2.75, 3.05) is 0 Å². The van der Waals surface area contributed by atoms with Crippen LogP contribution in [-0.4, -0.2) is 30.1 Å². The Kier molecular flexibility index (Phi) is 5.55. The minimum absolute atomic E-state index is 0.315. The van der Waals surface area contributed by atoms with Crippen LogP contribution in [-0.2, 0) is 6.61 Å². The number of nitrogens with zero attached hydrogens (tertiary/aromatic N) is 4. The molecule has 0 saturated carbocycles. The number of halogens is 1. The average Bonchev–Trinajstić information content (AvgIpc) is 3.61. The molecule has 5 heterocycles. The van der Waals surface area contributed by atoms with Crippen molar-refractivity contribution < 1.29 is 9.13 Å². The van der Waals surface area contributed by atoms with E-state index in [0.29, 0.717) is 29.3 Å². The number of aromatic nitrogens is 6. The zero-order valence-electron chi connectivity index (χ0n) is 20.6. The summed E-state index contributed by atoms with van der Waals surface area (Å²) in [6.45, 7) is 0.458. The van der Waals surface area contributed by atoms with Gasteiger partial charge in [-0.25, -0.2) is 9.37 Å². The molecule has 0 saturated heterocycles. The summed E-state index contributed by atoms with van der Waals surface area (Å²) >= 11 is 0. The largest absolute Gasteiger partial charge is 0.487 e. The highest BCUT2D eigenvalue weighted by Crippen LogP contribution is 2.34. The summed E-state index contributed by atoms with van der Waals surface area (Å²) < 4.78 is 20.5. The summed E-state index contributed by atoms with van der Waals surface area (Å²) in [5.74, 6) is 0.359. The number of benzene rings is 2. The lowest BCUT2D eigenvalue weighted by Crippen LogP contribution is -1.96. The standard InChI is InChI=1S/C31H21FN6O/c32-26-9-5-4-8-23(26)29-24-14-28(36-27(24)10-11-34-29)30-25-13-21(16-35-31(25)38-37-30)20-12-22(17-33-15-20)39-18-19-6-2-1-3-7-19/h1-17,36H,18H2,(H,35,37,38). The van der Waals surface area contributed by atoms with Crippen LogP contribution >= 0.6 is 0 Å². The van der Waals surface area contributed by atoms with Crippen molar-refractivity contribution in [2.24, 2.45) is 0 Å². The van der Waals surface area contributed by atoms with E-state index in [0.717, 1.165) is 44.4 Å². The Morgan fingerprint density at radius 3 is 2.54 bits per heavy atom. The van der Waals surface area contributed by atoms with Crippen molar-refractivity contribution in [1.29, 1.82) is 0 Å². The van der Waals surface area contributed by atoms with Gasteiger partial charge in [-0.1, -0.05) is 42.5 Å². The number of fused-ring (bicyclic) bond motifs is 2. The van der Waals surface area contributed by atoms with E-state index in [1.807, 2.05) is 54.6 Å². The van der Waals surface area contributed by atoms with E-state index in [4.69, 9.17) is 4.74 Å². The molecular formula is C31H21FN6O. The minimum Gasteiger partial charge on any atom is -0.487 e. The third-order valence-electron chi connectivity index (χ3n) is 6.65. The summed E-state index contributed by atoms with van der Waals surface area (Å²) in [6, 6.07) is 24.5. The lowest BCUT2D eigenvalue weighted by molar-refractivity contribution is 0.305.